The fraction of sp³-hybridized carbons (Fsp3) is 0.143. The summed E-state index contributed by atoms with van der Waals surface area (Å²) in [6, 6.07) is 8.85. The average molecular weight is 257 g/mol. The molecule has 0 radical (unpaired) electrons. The fourth-order valence-electron chi connectivity index (χ4n) is 1.59. The quantitative estimate of drug-likeness (QED) is 0.817. The van der Waals surface area contributed by atoms with E-state index in [-0.39, 0.29) is 12.5 Å². The van der Waals surface area contributed by atoms with Crippen LogP contribution in [0.3, 0.4) is 0 Å². The van der Waals surface area contributed by atoms with Gasteiger partial charge in [0, 0.05) is 25.0 Å². The lowest BCUT2D eigenvalue weighted by molar-refractivity contribution is -0.111. The zero-order valence-corrected chi connectivity index (χ0v) is 10.6. The van der Waals surface area contributed by atoms with E-state index in [1.165, 1.54) is 6.08 Å². The molecule has 0 unspecified atom stereocenters. The number of anilines is 1. The molecule has 5 nitrogen and oxygen atoms in total. The number of aryl methyl sites for hydroxylation is 1. The first kappa shape index (κ1) is 13.0. The van der Waals surface area contributed by atoms with Gasteiger partial charge in [-0.2, -0.15) is 5.10 Å². The lowest BCUT2D eigenvalue weighted by atomic mass is 10.2. The van der Waals surface area contributed by atoms with Crippen molar-refractivity contribution >= 4 is 17.7 Å². The van der Waals surface area contributed by atoms with Gasteiger partial charge in [0.2, 0.25) is 5.91 Å². The number of hydrogen-bond donors (Lipinski definition) is 2. The van der Waals surface area contributed by atoms with Crippen LogP contribution in [0.2, 0.25) is 0 Å². The van der Waals surface area contributed by atoms with E-state index < -0.39 is 0 Å². The van der Waals surface area contributed by atoms with Crippen molar-refractivity contribution in [3.8, 4) is 0 Å². The van der Waals surface area contributed by atoms with Crippen LogP contribution in [0.5, 0.6) is 0 Å². The molecule has 98 valence electrons. The van der Waals surface area contributed by atoms with E-state index >= 15 is 0 Å². The Morgan fingerprint density at radius 1 is 1.37 bits per heavy atom. The lowest BCUT2D eigenvalue weighted by Gasteiger charge is -2.03. The molecule has 0 fully saturated rings. The number of aliphatic hydroxyl groups is 1. The van der Waals surface area contributed by atoms with Crippen molar-refractivity contribution in [2.75, 3.05) is 5.32 Å². The Bertz CT molecular complexity index is 585. The van der Waals surface area contributed by atoms with Gasteiger partial charge in [-0.3, -0.25) is 9.48 Å². The van der Waals surface area contributed by atoms with Crippen LogP contribution in [-0.2, 0) is 18.4 Å². The molecular weight excluding hydrogens is 242 g/mol. The van der Waals surface area contributed by atoms with Crippen LogP contribution >= 0.6 is 0 Å². The molecule has 0 aliphatic heterocycles. The molecule has 1 heterocycles. The molecule has 5 heteroatoms. The van der Waals surface area contributed by atoms with Crippen LogP contribution in [0.4, 0.5) is 5.69 Å². The molecule has 1 aromatic carbocycles. The molecule has 0 bridgehead atoms. The first-order valence-electron chi connectivity index (χ1n) is 5.86. The number of rotatable bonds is 4. The Labute approximate surface area is 111 Å². The van der Waals surface area contributed by atoms with Crippen LogP contribution < -0.4 is 5.32 Å². The molecule has 0 atom stereocenters. The molecule has 1 aromatic heterocycles. The van der Waals surface area contributed by atoms with Gasteiger partial charge in [0.1, 0.15) is 0 Å². The summed E-state index contributed by atoms with van der Waals surface area (Å²) in [7, 11) is 1.81. The highest BCUT2D eigenvalue weighted by atomic mass is 16.3. The van der Waals surface area contributed by atoms with Crippen LogP contribution in [-0.4, -0.2) is 20.8 Å². The summed E-state index contributed by atoms with van der Waals surface area (Å²) in [5, 5.41) is 15.7. The largest absolute Gasteiger partial charge is 0.392 e. The van der Waals surface area contributed by atoms with Crippen molar-refractivity contribution in [2.24, 2.45) is 7.05 Å². The zero-order chi connectivity index (χ0) is 13.7. The van der Waals surface area contributed by atoms with E-state index in [9.17, 15) is 4.79 Å². The number of nitrogens with one attached hydrogen (secondary N) is 1. The number of benzene rings is 1. The summed E-state index contributed by atoms with van der Waals surface area (Å²) in [5.41, 5.74) is 2.35. The topological polar surface area (TPSA) is 67.2 Å². The van der Waals surface area contributed by atoms with Crippen molar-refractivity contribution in [3.05, 3.63) is 53.9 Å². The third-order valence-corrected chi connectivity index (χ3v) is 2.67. The highest BCUT2D eigenvalue weighted by molar-refractivity contribution is 6.01. The van der Waals surface area contributed by atoms with Crippen LogP contribution in [0.15, 0.2) is 42.6 Å². The average Bonchev–Trinajstić information content (AvgIpc) is 2.83. The predicted molar refractivity (Wildman–Crippen MR) is 73.2 cm³/mol. The molecule has 2 aromatic rings. The molecule has 1 amide bonds. The van der Waals surface area contributed by atoms with E-state index in [0.29, 0.717) is 5.69 Å². The fourth-order valence-corrected chi connectivity index (χ4v) is 1.59. The first-order valence-corrected chi connectivity index (χ1v) is 5.86. The van der Waals surface area contributed by atoms with Crippen LogP contribution in [0, 0.1) is 0 Å². The van der Waals surface area contributed by atoms with Gasteiger partial charge in [-0.15, -0.1) is 0 Å². The zero-order valence-electron chi connectivity index (χ0n) is 10.6. The summed E-state index contributed by atoms with van der Waals surface area (Å²) in [6.07, 6.45) is 4.83. The van der Waals surface area contributed by atoms with E-state index in [4.69, 9.17) is 5.11 Å². The number of carbonyl (C=O) groups is 1. The van der Waals surface area contributed by atoms with E-state index in [2.05, 4.69) is 10.4 Å². The highest BCUT2D eigenvalue weighted by Gasteiger charge is 1.99. The van der Waals surface area contributed by atoms with Crippen LogP contribution in [0.25, 0.3) is 6.08 Å². The van der Waals surface area contributed by atoms with Crippen molar-refractivity contribution in [1.29, 1.82) is 0 Å². The SMILES string of the molecule is Cn1nccc1C=CC(=O)Nc1ccc(CO)cc1. The summed E-state index contributed by atoms with van der Waals surface area (Å²) >= 11 is 0. The molecule has 2 rings (SSSR count). The maximum Gasteiger partial charge on any atom is 0.248 e. The number of nitrogens with zero attached hydrogens (tertiary/aromatic N) is 2. The van der Waals surface area contributed by atoms with Gasteiger partial charge >= 0.3 is 0 Å². The van der Waals surface area contributed by atoms with Gasteiger partial charge in [-0.1, -0.05) is 12.1 Å². The summed E-state index contributed by atoms with van der Waals surface area (Å²) in [6.45, 7) is -0.00534. The Hall–Kier alpha value is -2.40. The van der Waals surface area contributed by atoms with Gasteiger partial charge in [0.05, 0.1) is 12.3 Å². The van der Waals surface area contributed by atoms with Crippen molar-refractivity contribution in [3.63, 3.8) is 0 Å². The molecule has 0 aliphatic rings. The molecule has 2 N–H and O–H groups in total. The Morgan fingerprint density at radius 3 is 2.68 bits per heavy atom. The van der Waals surface area contributed by atoms with E-state index in [0.717, 1.165) is 11.3 Å². The molecule has 0 spiro atoms. The van der Waals surface area contributed by atoms with Gasteiger partial charge in [-0.05, 0) is 29.8 Å². The highest BCUT2D eigenvalue weighted by Crippen LogP contribution is 2.09. The maximum atomic E-state index is 11.7. The van der Waals surface area contributed by atoms with Gasteiger partial charge in [0.25, 0.3) is 0 Å². The van der Waals surface area contributed by atoms with Crippen molar-refractivity contribution < 1.29 is 9.90 Å². The molecular formula is C14H15N3O2. The number of hydrogen-bond acceptors (Lipinski definition) is 3. The second-order valence-corrected chi connectivity index (χ2v) is 4.06. The van der Waals surface area contributed by atoms with Crippen LogP contribution in [0.1, 0.15) is 11.3 Å². The minimum Gasteiger partial charge on any atom is -0.392 e. The number of aliphatic hydroxyl groups excluding tert-OH is 1. The third kappa shape index (κ3) is 3.53. The second kappa shape index (κ2) is 5.97. The minimum absolute atomic E-state index is 0.00534. The van der Waals surface area contributed by atoms with Crippen molar-refractivity contribution in [1.82, 2.24) is 9.78 Å². The molecule has 19 heavy (non-hydrogen) atoms. The Balaban J connectivity index is 1.97. The predicted octanol–water partition coefficient (Wildman–Crippen LogP) is 1.56. The number of amides is 1. The number of aromatic nitrogens is 2. The summed E-state index contributed by atoms with van der Waals surface area (Å²) < 4.78 is 1.68. The maximum absolute atomic E-state index is 11.7. The standard InChI is InChI=1S/C14H15N3O2/c1-17-13(8-9-15-17)6-7-14(19)16-12-4-2-11(10-18)3-5-12/h2-9,18H,10H2,1H3,(H,16,19). The Morgan fingerprint density at radius 2 is 2.11 bits per heavy atom. The van der Waals surface area contributed by atoms with Gasteiger partial charge < -0.3 is 10.4 Å². The molecule has 0 saturated carbocycles. The molecule has 0 aliphatic carbocycles. The second-order valence-electron chi connectivity index (χ2n) is 4.06. The smallest absolute Gasteiger partial charge is 0.248 e. The lowest BCUT2D eigenvalue weighted by Crippen LogP contribution is -2.07. The number of carbonyl (C=O) groups excluding carboxylic acids is 1. The summed E-state index contributed by atoms with van der Waals surface area (Å²) in [4.78, 5) is 11.7. The Kier molecular flexibility index (Phi) is 4.10. The molecule has 0 saturated heterocycles. The van der Waals surface area contributed by atoms with Gasteiger partial charge in [0.15, 0.2) is 0 Å². The van der Waals surface area contributed by atoms with E-state index in [1.807, 2.05) is 13.1 Å². The first-order chi connectivity index (χ1) is 9.19. The normalized spacial score (nSPS) is 10.8. The minimum atomic E-state index is -0.210. The van der Waals surface area contributed by atoms with Gasteiger partial charge in [-0.25, -0.2) is 0 Å². The van der Waals surface area contributed by atoms with E-state index in [1.54, 1.807) is 41.2 Å². The summed E-state index contributed by atoms with van der Waals surface area (Å²) in [5.74, 6) is -0.210. The third-order valence-electron chi connectivity index (χ3n) is 2.67. The monoisotopic (exact) mass is 257 g/mol. The van der Waals surface area contributed by atoms with Crippen molar-refractivity contribution in [2.45, 2.75) is 6.61 Å².